The predicted octanol–water partition coefficient (Wildman–Crippen LogP) is 5.60. The van der Waals surface area contributed by atoms with Crippen LogP contribution in [-0.4, -0.2) is 11.6 Å². The fourth-order valence-corrected chi connectivity index (χ4v) is 5.98. The molecule has 1 atom stereocenters. The third-order valence-corrected chi connectivity index (χ3v) is 7.21. The molecule has 4 saturated carbocycles. The first-order valence-electron chi connectivity index (χ1n) is 9.76. The van der Waals surface area contributed by atoms with Crippen molar-refractivity contribution in [3.05, 3.63) is 0 Å². The molecule has 0 heterocycles. The van der Waals surface area contributed by atoms with Crippen LogP contribution in [0.3, 0.4) is 0 Å². The van der Waals surface area contributed by atoms with Gasteiger partial charge in [-0.05, 0) is 81.0 Å². The molecule has 0 radical (unpaired) electrons. The Morgan fingerprint density at radius 1 is 1.00 bits per heavy atom. The Bertz CT molecular complexity index is 435. The Hall–Kier alpha value is -0.530. The average Bonchev–Trinajstić information content (AvgIpc) is 2.33. The standard InChI is InChI=1S/C21H36O2/c1-14(2)10-20(6,19(3,4)5)18(22)23-21-11-15-7-16(12-21)9-17(8-15)13-21/h14-17H,7-13H2,1-6H3. The maximum Gasteiger partial charge on any atom is 0.312 e. The molecule has 0 aromatic heterocycles. The van der Waals surface area contributed by atoms with Gasteiger partial charge in [-0.15, -0.1) is 0 Å². The smallest absolute Gasteiger partial charge is 0.312 e. The molecule has 0 saturated heterocycles. The zero-order valence-corrected chi connectivity index (χ0v) is 16.1. The first-order valence-corrected chi connectivity index (χ1v) is 9.76. The van der Waals surface area contributed by atoms with E-state index in [0.717, 1.165) is 43.4 Å². The molecule has 4 rings (SSSR count). The average molecular weight is 321 g/mol. The van der Waals surface area contributed by atoms with E-state index in [-0.39, 0.29) is 17.0 Å². The topological polar surface area (TPSA) is 26.3 Å². The summed E-state index contributed by atoms with van der Waals surface area (Å²) in [6, 6.07) is 0. The van der Waals surface area contributed by atoms with Crippen molar-refractivity contribution in [3.8, 4) is 0 Å². The van der Waals surface area contributed by atoms with Gasteiger partial charge in [0, 0.05) is 0 Å². The number of ether oxygens (including phenoxy) is 1. The summed E-state index contributed by atoms with van der Waals surface area (Å²) in [7, 11) is 0. The highest BCUT2D eigenvalue weighted by molar-refractivity contribution is 5.78. The van der Waals surface area contributed by atoms with E-state index in [1.165, 1.54) is 19.3 Å². The van der Waals surface area contributed by atoms with Crippen LogP contribution in [0.2, 0.25) is 0 Å². The Kier molecular flexibility index (Phi) is 4.13. The Morgan fingerprint density at radius 3 is 1.78 bits per heavy atom. The molecule has 4 aliphatic carbocycles. The van der Waals surface area contributed by atoms with Crippen molar-refractivity contribution in [2.24, 2.45) is 34.5 Å². The van der Waals surface area contributed by atoms with Gasteiger partial charge in [0.05, 0.1) is 5.41 Å². The lowest BCUT2D eigenvalue weighted by Crippen LogP contribution is -2.55. The number of esters is 1. The molecular formula is C21H36O2. The van der Waals surface area contributed by atoms with E-state index in [1.807, 2.05) is 0 Å². The fraction of sp³-hybridized carbons (Fsp3) is 0.952. The SMILES string of the molecule is CC(C)CC(C)(C(=O)OC12CC3CC(CC(C3)C1)C2)C(C)(C)C. The number of carbonyl (C=O) groups is 1. The van der Waals surface area contributed by atoms with Gasteiger partial charge in [-0.25, -0.2) is 0 Å². The van der Waals surface area contributed by atoms with Gasteiger partial charge in [-0.3, -0.25) is 4.79 Å². The van der Waals surface area contributed by atoms with Crippen molar-refractivity contribution in [3.63, 3.8) is 0 Å². The van der Waals surface area contributed by atoms with Crippen LogP contribution in [0.4, 0.5) is 0 Å². The Balaban J connectivity index is 1.79. The van der Waals surface area contributed by atoms with E-state index >= 15 is 0 Å². The molecule has 0 amide bonds. The summed E-state index contributed by atoms with van der Waals surface area (Å²) >= 11 is 0. The number of rotatable bonds is 4. The molecule has 0 aromatic rings. The number of carbonyl (C=O) groups excluding carboxylic acids is 1. The van der Waals surface area contributed by atoms with Crippen LogP contribution in [0.5, 0.6) is 0 Å². The van der Waals surface area contributed by atoms with Crippen molar-refractivity contribution < 1.29 is 9.53 Å². The molecule has 23 heavy (non-hydrogen) atoms. The Morgan fingerprint density at radius 2 is 1.43 bits per heavy atom. The van der Waals surface area contributed by atoms with Crippen LogP contribution in [0, 0.1) is 34.5 Å². The maximum absolute atomic E-state index is 13.3. The molecule has 4 fully saturated rings. The van der Waals surface area contributed by atoms with Gasteiger partial charge in [0.2, 0.25) is 0 Å². The van der Waals surface area contributed by atoms with Crippen LogP contribution in [-0.2, 0) is 9.53 Å². The zero-order chi connectivity index (χ0) is 17.0. The van der Waals surface area contributed by atoms with Gasteiger partial charge >= 0.3 is 5.97 Å². The van der Waals surface area contributed by atoms with Crippen molar-refractivity contribution in [2.75, 3.05) is 0 Å². The highest BCUT2D eigenvalue weighted by Crippen LogP contribution is 2.58. The first-order chi connectivity index (χ1) is 10.5. The normalized spacial score (nSPS) is 38.7. The largest absolute Gasteiger partial charge is 0.459 e. The van der Waals surface area contributed by atoms with Crippen LogP contribution in [0.15, 0.2) is 0 Å². The lowest BCUT2D eigenvalue weighted by molar-refractivity contribution is -0.203. The van der Waals surface area contributed by atoms with Crippen LogP contribution < -0.4 is 0 Å². The molecule has 0 N–H and O–H groups in total. The molecule has 4 bridgehead atoms. The Labute approximate surface area is 142 Å². The molecule has 132 valence electrons. The summed E-state index contributed by atoms with van der Waals surface area (Å²) in [5.41, 5.74) is -0.587. The molecule has 0 aliphatic heterocycles. The molecule has 0 spiro atoms. The molecule has 2 nitrogen and oxygen atoms in total. The second-order valence-electron chi connectivity index (χ2n) is 10.7. The third kappa shape index (κ3) is 3.07. The summed E-state index contributed by atoms with van der Waals surface area (Å²) in [5.74, 6) is 3.03. The van der Waals surface area contributed by atoms with Gasteiger partial charge in [0.25, 0.3) is 0 Å². The fourth-order valence-electron chi connectivity index (χ4n) is 5.98. The molecule has 4 aliphatic rings. The van der Waals surface area contributed by atoms with Crippen LogP contribution in [0.1, 0.15) is 86.5 Å². The van der Waals surface area contributed by atoms with Gasteiger partial charge in [0.1, 0.15) is 5.60 Å². The monoisotopic (exact) mass is 320 g/mol. The second-order valence-corrected chi connectivity index (χ2v) is 10.7. The highest BCUT2D eigenvalue weighted by Gasteiger charge is 2.55. The summed E-state index contributed by atoms with van der Waals surface area (Å²) in [6.07, 6.45) is 8.46. The summed E-state index contributed by atoms with van der Waals surface area (Å²) < 4.78 is 6.40. The summed E-state index contributed by atoms with van der Waals surface area (Å²) in [6.45, 7) is 13.1. The van der Waals surface area contributed by atoms with Gasteiger partial charge in [0.15, 0.2) is 0 Å². The molecule has 0 aromatic carbocycles. The zero-order valence-electron chi connectivity index (χ0n) is 16.1. The lowest BCUT2D eigenvalue weighted by Gasteiger charge is -2.56. The van der Waals surface area contributed by atoms with Crippen molar-refractivity contribution in [2.45, 2.75) is 92.1 Å². The molecular weight excluding hydrogens is 284 g/mol. The van der Waals surface area contributed by atoms with Gasteiger partial charge in [-0.2, -0.15) is 0 Å². The van der Waals surface area contributed by atoms with Crippen molar-refractivity contribution in [1.29, 1.82) is 0 Å². The predicted molar refractivity (Wildman–Crippen MR) is 94.0 cm³/mol. The molecule has 1 unspecified atom stereocenters. The van der Waals surface area contributed by atoms with Crippen molar-refractivity contribution >= 4 is 5.97 Å². The summed E-state index contributed by atoms with van der Waals surface area (Å²) in [4.78, 5) is 13.3. The minimum Gasteiger partial charge on any atom is -0.459 e. The highest BCUT2D eigenvalue weighted by atomic mass is 16.6. The van der Waals surface area contributed by atoms with Gasteiger partial charge < -0.3 is 4.74 Å². The number of hydrogen-bond donors (Lipinski definition) is 0. The van der Waals surface area contributed by atoms with Crippen molar-refractivity contribution in [1.82, 2.24) is 0 Å². The van der Waals surface area contributed by atoms with E-state index < -0.39 is 5.41 Å². The van der Waals surface area contributed by atoms with Gasteiger partial charge in [-0.1, -0.05) is 34.6 Å². The minimum absolute atomic E-state index is 0.0700. The lowest BCUT2D eigenvalue weighted by atomic mass is 9.54. The van der Waals surface area contributed by atoms with E-state index in [1.54, 1.807) is 0 Å². The third-order valence-electron chi connectivity index (χ3n) is 7.21. The van der Waals surface area contributed by atoms with E-state index in [9.17, 15) is 4.79 Å². The number of hydrogen-bond acceptors (Lipinski definition) is 2. The first kappa shape index (κ1) is 17.3. The minimum atomic E-state index is -0.398. The molecule has 2 heteroatoms. The maximum atomic E-state index is 13.3. The van der Waals surface area contributed by atoms with Crippen LogP contribution in [0.25, 0.3) is 0 Å². The van der Waals surface area contributed by atoms with E-state index in [0.29, 0.717) is 5.92 Å². The van der Waals surface area contributed by atoms with E-state index in [4.69, 9.17) is 4.74 Å². The van der Waals surface area contributed by atoms with Crippen LogP contribution >= 0.6 is 0 Å². The quantitative estimate of drug-likeness (QED) is 0.630. The van der Waals surface area contributed by atoms with E-state index in [2.05, 4.69) is 41.5 Å². The second kappa shape index (κ2) is 5.49. The summed E-state index contributed by atoms with van der Waals surface area (Å²) in [5, 5.41) is 0.